The minimum Gasteiger partial charge on any atom is -0.379 e. The van der Waals surface area contributed by atoms with Crippen molar-refractivity contribution in [3.05, 3.63) is 12.0 Å². The molecule has 1 fully saturated rings. The van der Waals surface area contributed by atoms with Gasteiger partial charge in [-0.25, -0.2) is 9.37 Å². The van der Waals surface area contributed by atoms with Gasteiger partial charge in [-0.1, -0.05) is 6.92 Å². The summed E-state index contributed by atoms with van der Waals surface area (Å²) in [5.74, 6) is 0.876. The number of piperidine rings is 1. The van der Waals surface area contributed by atoms with E-state index in [0.717, 1.165) is 13.0 Å². The second kappa shape index (κ2) is 5.48. The monoisotopic (exact) mass is 254 g/mol. The van der Waals surface area contributed by atoms with Crippen LogP contribution in [0, 0.1) is 11.7 Å². The predicted octanol–water partition coefficient (Wildman–Crippen LogP) is 1.52. The molecule has 0 spiro atoms. The molecule has 1 aliphatic rings. The van der Waals surface area contributed by atoms with E-state index in [1.807, 2.05) is 4.90 Å². The van der Waals surface area contributed by atoms with Crippen LogP contribution in [0.5, 0.6) is 0 Å². The van der Waals surface area contributed by atoms with Crippen molar-refractivity contribution in [3.63, 3.8) is 0 Å². The average molecular weight is 254 g/mol. The number of ether oxygens (including phenoxy) is 1. The summed E-state index contributed by atoms with van der Waals surface area (Å²) in [6, 6.07) is 0. The SMILES string of the molecule is CNc1ncc(F)c(N2CCC(C)C(OC)C2)n1. The van der Waals surface area contributed by atoms with Crippen molar-refractivity contribution in [3.8, 4) is 0 Å². The third kappa shape index (κ3) is 2.53. The van der Waals surface area contributed by atoms with E-state index >= 15 is 0 Å². The zero-order valence-corrected chi connectivity index (χ0v) is 11.0. The van der Waals surface area contributed by atoms with Gasteiger partial charge < -0.3 is 15.0 Å². The lowest BCUT2D eigenvalue weighted by Gasteiger charge is -2.36. The van der Waals surface area contributed by atoms with Crippen LogP contribution in [0.25, 0.3) is 0 Å². The molecule has 18 heavy (non-hydrogen) atoms. The van der Waals surface area contributed by atoms with E-state index in [1.165, 1.54) is 6.20 Å². The Kier molecular flexibility index (Phi) is 3.96. The molecule has 2 rings (SSSR count). The Labute approximate surface area is 106 Å². The van der Waals surface area contributed by atoms with Gasteiger partial charge in [0.1, 0.15) is 0 Å². The first-order valence-corrected chi connectivity index (χ1v) is 6.13. The minimum atomic E-state index is -0.390. The highest BCUT2D eigenvalue weighted by Gasteiger charge is 2.28. The highest BCUT2D eigenvalue weighted by atomic mass is 19.1. The van der Waals surface area contributed by atoms with E-state index in [1.54, 1.807) is 14.2 Å². The summed E-state index contributed by atoms with van der Waals surface area (Å²) in [5, 5.41) is 2.82. The van der Waals surface area contributed by atoms with Gasteiger partial charge in [-0.3, -0.25) is 0 Å². The Hall–Kier alpha value is -1.43. The topological polar surface area (TPSA) is 50.3 Å². The molecule has 6 heteroatoms. The number of halogens is 1. The molecule has 0 saturated carbocycles. The number of anilines is 2. The maximum atomic E-state index is 13.8. The first-order valence-electron chi connectivity index (χ1n) is 6.13. The summed E-state index contributed by atoms with van der Waals surface area (Å²) in [6.07, 6.45) is 2.29. The molecule has 2 atom stereocenters. The fourth-order valence-electron chi connectivity index (χ4n) is 2.23. The van der Waals surface area contributed by atoms with Crippen molar-refractivity contribution in [2.75, 3.05) is 37.5 Å². The van der Waals surface area contributed by atoms with Crippen LogP contribution in [0.2, 0.25) is 0 Å². The zero-order chi connectivity index (χ0) is 13.1. The second-order valence-corrected chi connectivity index (χ2v) is 4.60. The highest BCUT2D eigenvalue weighted by molar-refractivity contribution is 5.44. The molecule has 1 saturated heterocycles. The Balaban J connectivity index is 2.20. The van der Waals surface area contributed by atoms with Crippen molar-refractivity contribution in [2.24, 2.45) is 5.92 Å². The van der Waals surface area contributed by atoms with Crippen LogP contribution in [-0.4, -0.2) is 43.3 Å². The number of rotatable bonds is 3. The molecular weight excluding hydrogens is 235 g/mol. The zero-order valence-electron chi connectivity index (χ0n) is 11.0. The molecule has 0 aromatic carbocycles. The van der Waals surface area contributed by atoms with E-state index < -0.39 is 5.82 Å². The third-order valence-electron chi connectivity index (χ3n) is 3.44. The van der Waals surface area contributed by atoms with E-state index in [0.29, 0.717) is 24.2 Å². The third-order valence-corrected chi connectivity index (χ3v) is 3.44. The van der Waals surface area contributed by atoms with Crippen LogP contribution >= 0.6 is 0 Å². The van der Waals surface area contributed by atoms with E-state index in [-0.39, 0.29) is 6.10 Å². The highest BCUT2D eigenvalue weighted by Crippen LogP contribution is 2.25. The Morgan fingerprint density at radius 3 is 3.00 bits per heavy atom. The first-order chi connectivity index (χ1) is 8.65. The van der Waals surface area contributed by atoms with Crippen molar-refractivity contribution >= 4 is 11.8 Å². The lowest BCUT2D eigenvalue weighted by Crippen LogP contribution is -2.44. The molecule has 1 N–H and O–H groups in total. The standard InChI is InChI=1S/C12H19FN4O/c1-8-4-5-17(7-10(8)18-3)11-9(13)6-15-12(14-2)16-11/h6,8,10H,4-5,7H2,1-3H3,(H,14,15,16). The molecule has 5 nitrogen and oxygen atoms in total. The Morgan fingerprint density at radius 1 is 1.56 bits per heavy atom. The molecule has 0 aliphatic carbocycles. The maximum Gasteiger partial charge on any atom is 0.224 e. The van der Waals surface area contributed by atoms with Crippen LogP contribution < -0.4 is 10.2 Å². The molecular formula is C12H19FN4O. The average Bonchev–Trinajstić information content (AvgIpc) is 2.40. The summed E-state index contributed by atoms with van der Waals surface area (Å²) in [5.41, 5.74) is 0. The van der Waals surface area contributed by atoms with E-state index in [2.05, 4.69) is 22.2 Å². The van der Waals surface area contributed by atoms with Crippen LogP contribution in [0.1, 0.15) is 13.3 Å². The molecule has 0 bridgehead atoms. The van der Waals surface area contributed by atoms with Gasteiger partial charge in [0.25, 0.3) is 0 Å². The lowest BCUT2D eigenvalue weighted by molar-refractivity contribution is 0.0495. The summed E-state index contributed by atoms with van der Waals surface area (Å²) in [6.45, 7) is 3.60. The molecule has 100 valence electrons. The van der Waals surface area contributed by atoms with Crippen LogP contribution in [0.4, 0.5) is 16.2 Å². The number of nitrogens with zero attached hydrogens (tertiary/aromatic N) is 3. The van der Waals surface area contributed by atoms with Crippen LogP contribution in [-0.2, 0) is 4.74 Å². The predicted molar refractivity (Wildman–Crippen MR) is 68.3 cm³/mol. The van der Waals surface area contributed by atoms with Crippen molar-refractivity contribution in [1.29, 1.82) is 0 Å². The first kappa shape index (κ1) is 13.0. The normalized spacial score (nSPS) is 24.1. The largest absolute Gasteiger partial charge is 0.379 e. The number of methoxy groups -OCH3 is 1. The quantitative estimate of drug-likeness (QED) is 0.886. The van der Waals surface area contributed by atoms with Gasteiger partial charge in [0.2, 0.25) is 5.95 Å². The summed E-state index contributed by atoms with van der Waals surface area (Å²) < 4.78 is 19.2. The number of nitrogens with one attached hydrogen (secondary N) is 1. The van der Waals surface area contributed by atoms with Crippen LogP contribution in [0.3, 0.4) is 0 Å². The van der Waals surface area contributed by atoms with E-state index in [4.69, 9.17) is 4.74 Å². The Bertz CT molecular complexity index is 415. The molecule has 1 aromatic heterocycles. The van der Waals surface area contributed by atoms with E-state index in [9.17, 15) is 4.39 Å². The van der Waals surface area contributed by atoms with Crippen molar-refractivity contribution < 1.29 is 9.13 Å². The number of hydrogen-bond acceptors (Lipinski definition) is 5. The Morgan fingerprint density at radius 2 is 2.33 bits per heavy atom. The van der Waals surface area contributed by atoms with Gasteiger partial charge in [0, 0.05) is 27.2 Å². The molecule has 2 unspecified atom stereocenters. The van der Waals surface area contributed by atoms with Gasteiger partial charge in [0.05, 0.1) is 12.3 Å². The van der Waals surface area contributed by atoms with Gasteiger partial charge in [-0.05, 0) is 12.3 Å². The smallest absolute Gasteiger partial charge is 0.224 e. The fourth-order valence-corrected chi connectivity index (χ4v) is 2.23. The summed E-state index contributed by atoms with van der Waals surface area (Å²) in [4.78, 5) is 9.96. The number of aromatic nitrogens is 2. The fraction of sp³-hybridized carbons (Fsp3) is 0.667. The minimum absolute atomic E-state index is 0.117. The van der Waals surface area contributed by atoms with Crippen molar-refractivity contribution in [1.82, 2.24) is 9.97 Å². The number of hydrogen-bond donors (Lipinski definition) is 1. The maximum absolute atomic E-state index is 13.8. The van der Waals surface area contributed by atoms with Crippen LogP contribution in [0.15, 0.2) is 6.20 Å². The van der Waals surface area contributed by atoms with Gasteiger partial charge in [0.15, 0.2) is 11.6 Å². The van der Waals surface area contributed by atoms with Gasteiger partial charge in [-0.15, -0.1) is 0 Å². The summed E-state index contributed by atoms with van der Waals surface area (Å²) >= 11 is 0. The summed E-state index contributed by atoms with van der Waals surface area (Å²) in [7, 11) is 3.41. The van der Waals surface area contributed by atoms with Gasteiger partial charge >= 0.3 is 0 Å². The molecule has 0 amide bonds. The molecule has 1 aliphatic heterocycles. The molecule has 1 aromatic rings. The van der Waals surface area contributed by atoms with Crippen molar-refractivity contribution in [2.45, 2.75) is 19.4 Å². The molecule has 2 heterocycles. The molecule has 0 radical (unpaired) electrons. The lowest BCUT2D eigenvalue weighted by atomic mass is 9.96. The second-order valence-electron chi connectivity index (χ2n) is 4.60. The van der Waals surface area contributed by atoms with Gasteiger partial charge in [-0.2, -0.15) is 4.98 Å².